The topological polar surface area (TPSA) is 98.0 Å². The third kappa shape index (κ3) is 15.6. The third-order valence-electron chi connectivity index (χ3n) is 0.496. The van der Waals surface area contributed by atoms with Crippen LogP contribution in [0.25, 0.3) is 0 Å². The van der Waals surface area contributed by atoms with Gasteiger partial charge in [-0.1, -0.05) is 0 Å². The largest absolute Gasteiger partial charge is 0.394 e. The quantitative estimate of drug-likeness (QED) is 0.335. The average Bonchev–Trinajstić information content (AvgIpc) is 2.03. The lowest BCUT2D eigenvalue weighted by Crippen LogP contribution is -2.15. The molecule has 0 radical (unpaired) electrons. The minimum Gasteiger partial charge on any atom is -0.394 e. The first-order chi connectivity index (χ1) is 4.72. The van der Waals surface area contributed by atoms with Crippen LogP contribution >= 0.6 is 0 Å². The Labute approximate surface area is 58.5 Å². The first-order valence-corrected chi connectivity index (χ1v) is 2.67. The minimum absolute atomic E-state index is 0.361. The smallest absolute Gasteiger partial charge is 0.145 e. The molecule has 0 aliphatic carbocycles. The average molecular weight is 152 g/mol. The van der Waals surface area contributed by atoms with E-state index in [-0.39, 0.29) is 19.8 Å². The van der Waals surface area contributed by atoms with Crippen molar-refractivity contribution in [2.45, 2.75) is 6.10 Å². The van der Waals surface area contributed by atoms with E-state index >= 15 is 0 Å². The van der Waals surface area contributed by atoms with Gasteiger partial charge in [0.15, 0.2) is 0 Å². The molecular weight excluding hydrogens is 140 g/mol. The van der Waals surface area contributed by atoms with E-state index in [1.165, 1.54) is 0 Å². The number of aliphatic hydroxyl groups is 4. The molecule has 0 rings (SSSR count). The molecule has 0 aliphatic heterocycles. The number of aliphatic hydroxyl groups excluding tert-OH is 4. The lowest BCUT2D eigenvalue weighted by Gasteiger charge is -1.96. The number of hydrogen-bond acceptors (Lipinski definition) is 5. The first-order valence-electron chi connectivity index (χ1n) is 2.67. The summed E-state index contributed by atoms with van der Waals surface area (Å²) in [6.45, 7) is -1.09. The van der Waals surface area contributed by atoms with Crippen molar-refractivity contribution in [2.24, 2.45) is 0 Å². The van der Waals surface area contributed by atoms with Crippen LogP contribution in [0.3, 0.4) is 0 Å². The van der Waals surface area contributed by atoms with Gasteiger partial charge in [-0.15, -0.1) is 0 Å². The highest BCUT2D eigenvalue weighted by atomic mass is 16.3. The summed E-state index contributed by atoms with van der Waals surface area (Å²) in [5.74, 6) is 0. The highest BCUT2D eigenvalue weighted by Crippen LogP contribution is 1.71. The maximum Gasteiger partial charge on any atom is 0.145 e. The molecule has 0 saturated carbocycles. The van der Waals surface area contributed by atoms with Gasteiger partial charge in [-0.25, -0.2) is 0 Å². The molecular formula is C5H12O5. The third-order valence-corrected chi connectivity index (χ3v) is 0.496. The molecule has 10 heavy (non-hydrogen) atoms. The molecule has 0 saturated heterocycles. The van der Waals surface area contributed by atoms with E-state index in [4.69, 9.17) is 25.2 Å². The second-order valence-corrected chi connectivity index (χ2v) is 1.37. The maximum absolute atomic E-state index is 8.92. The molecule has 5 heteroatoms. The second-order valence-electron chi connectivity index (χ2n) is 1.37. The summed E-state index contributed by atoms with van der Waals surface area (Å²) in [6, 6.07) is 0. The van der Waals surface area contributed by atoms with Gasteiger partial charge in [0, 0.05) is 0 Å². The number of carbonyl (C=O) groups excluding carboxylic acids is 1. The van der Waals surface area contributed by atoms with Crippen LogP contribution in [0.1, 0.15) is 0 Å². The molecule has 0 aromatic heterocycles. The molecule has 0 unspecified atom stereocenters. The Kier molecular flexibility index (Phi) is 13.8. The fourth-order valence-electron chi connectivity index (χ4n) is 0.0577. The van der Waals surface area contributed by atoms with Crippen LogP contribution in [-0.2, 0) is 4.79 Å². The van der Waals surface area contributed by atoms with E-state index in [9.17, 15) is 0 Å². The van der Waals surface area contributed by atoms with Gasteiger partial charge >= 0.3 is 0 Å². The van der Waals surface area contributed by atoms with Gasteiger partial charge < -0.3 is 25.2 Å². The zero-order valence-corrected chi connectivity index (χ0v) is 5.47. The van der Waals surface area contributed by atoms with Crippen LogP contribution in [0.5, 0.6) is 0 Å². The molecule has 0 atom stereocenters. The zero-order chi connectivity index (χ0) is 8.41. The van der Waals surface area contributed by atoms with E-state index in [1.807, 2.05) is 0 Å². The molecule has 5 nitrogen and oxygen atoms in total. The minimum atomic E-state index is -0.954. The number of rotatable bonds is 3. The van der Waals surface area contributed by atoms with Gasteiger partial charge in [0.05, 0.1) is 19.8 Å². The Morgan fingerprint density at radius 2 is 1.50 bits per heavy atom. The van der Waals surface area contributed by atoms with E-state index in [1.54, 1.807) is 0 Å². The first kappa shape index (κ1) is 12.2. The van der Waals surface area contributed by atoms with Crippen molar-refractivity contribution in [3.05, 3.63) is 0 Å². The standard InChI is InChI=1S/C3H8O3.C2H4O2/c4-1-3(6)2-5;3-1-2-4/h3-6H,1-2H2;1,4H,2H2. The summed E-state index contributed by atoms with van der Waals surface area (Å²) in [5, 5.41) is 31.5. The maximum atomic E-state index is 8.92. The molecule has 0 amide bonds. The fourth-order valence-corrected chi connectivity index (χ4v) is 0.0577. The van der Waals surface area contributed by atoms with E-state index in [0.29, 0.717) is 6.29 Å². The highest BCUT2D eigenvalue weighted by molar-refractivity contribution is 5.49. The second kappa shape index (κ2) is 11.3. The Balaban J connectivity index is 0. The Morgan fingerprint density at radius 1 is 1.20 bits per heavy atom. The predicted molar refractivity (Wildman–Crippen MR) is 33.3 cm³/mol. The number of hydrogen-bond donors (Lipinski definition) is 4. The fraction of sp³-hybridized carbons (Fsp3) is 0.800. The van der Waals surface area contributed by atoms with Crippen LogP contribution in [-0.4, -0.2) is 52.6 Å². The van der Waals surface area contributed by atoms with Crippen LogP contribution in [0.15, 0.2) is 0 Å². The van der Waals surface area contributed by atoms with Gasteiger partial charge in [-0.05, 0) is 0 Å². The predicted octanol–water partition coefficient (Wildman–Crippen LogP) is -2.49. The van der Waals surface area contributed by atoms with E-state index < -0.39 is 6.10 Å². The summed E-state index contributed by atoms with van der Waals surface area (Å²) in [7, 11) is 0. The SMILES string of the molecule is O=CCO.OCC(O)CO. The normalized spacial score (nSPS) is 8.50. The Morgan fingerprint density at radius 3 is 1.50 bits per heavy atom. The lowest BCUT2D eigenvalue weighted by molar-refractivity contribution is -0.110. The summed E-state index contributed by atoms with van der Waals surface area (Å²) < 4.78 is 0. The van der Waals surface area contributed by atoms with Crippen LogP contribution in [0.4, 0.5) is 0 Å². The van der Waals surface area contributed by atoms with Crippen LogP contribution in [0.2, 0.25) is 0 Å². The van der Waals surface area contributed by atoms with Crippen molar-refractivity contribution in [3.8, 4) is 0 Å². The van der Waals surface area contributed by atoms with Gasteiger partial charge in [-0.2, -0.15) is 0 Å². The van der Waals surface area contributed by atoms with Crippen molar-refractivity contribution in [1.29, 1.82) is 0 Å². The zero-order valence-electron chi connectivity index (χ0n) is 5.47. The van der Waals surface area contributed by atoms with Crippen LogP contribution < -0.4 is 0 Å². The van der Waals surface area contributed by atoms with Crippen molar-refractivity contribution in [2.75, 3.05) is 19.8 Å². The summed E-state index contributed by atoms with van der Waals surface area (Å²) in [5.41, 5.74) is 0. The number of aldehydes is 1. The Hall–Kier alpha value is -0.490. The van der Waals surface area contributed by atoms with Crippen LogP contribution in [0, 0.1) is 0 Å². The Bertz CT molecular complexity index is 61.1. The van der Waals surface area contributed by atoms with Gasteiger partial charge in [0.1, 0.15) is 12.4 Å². The molecule has 62 valence electrons. The summed E-state index contributed by atoms with van der Waals surface area (Å²) >= 11 is 0. The monoisotopic (exact) mass is 152 g/mol. The molecule has 0 spiro atoms. The molecule has 0 aliphatic rings. The van der Waals surface area contributed by atoms with Crippen molar-refractivity contribution in [3.63, 3.8) is 0 Å². The lowest BCUT2D eigenvalue weighted by atomic mass is 10.4. The van der Waals surface area contributed by atoms with Crippen molar-refractivity contribution in [1.82, 2.24) is 0 Å². The molecule has 0 fully saturated rings. The van der Waals surface area contributed by atoms with Crippen molar-refractivity contribution >= 4 is 6.29 Å². The van der Waals surface area contributed by atoms with Crippen molar-refractivity contribution < 1.29 is 25.2 Å². The van der Waals surface area contributed by atoms with Gasteiger partial charge in [0.25, 0.3) is 0 Å². The van der Waals surface area contributed by atoms with Gasteiger partial charge in [0.2, 0.25) is 0 Å². The highest BCUT2D eigenvalue weighted by Gasteiger charge is 1.93. The molecule has 0 aromatic carbocycles. The molecule has 0 heterocycles. The molecule has 0 bridgehead atoms. The van der Waals surface area contributed by atoms with E-state index in [0.717, 1.165) is 0 Å². The van der Waals surface area contributed by atoms with Gasteiger partial charge in [-0.3, -0.25) is 0 Å². The van der Waals surface area contributed by atoms with E-state index in [2.05, 4.69) is 0 Å². The summed E-state index contributed by atoms with van der Waals surface area (Å²) in [6.07, 6.45) is -0.523. The molecule has 4 N–H and O–H groups in total. The number of carbonyl (C=O) groups is 1. The molecule has 0 aromatic rings. The summed E-state index contributed by atoms with van der Waals surface area (Å²) in [4.78, 5) is 8.92.